The lowest BCUT2D eigenvalue weighted by Gasteiger charge is -1.99. The molecule has 2 aromatic heterocycles. The SMILES string of the molecule is COC(=O)c1ccn2c(F)c(-c3ccccc3)nc2c1. The smallest absolute Gasteiger partial charge is 0.338 e. The summed E-state index contributed by atoms with van der Waals surface area (Å²) in [5.41, 5.74) is 1.65. The van der Waals surface area contributed by atoms with Crippen LogP contribution >= 0.6 is 0 Å². The molecule has 3 rings (SSSR count). The quantitative estimate of drug-likeness (QED) is 0.672. The van der Waals surface area contributed by atoms with Gasteiger partial charge in [-0.25, -0.2) is 9.78 Å². The Bertz CT molecular complexity index is 781. The van der Waals surface area contributed by atoms with Crippen molar-refractivity contribution in [3.05, 3.63) is 60.2 Å². The van der Waals surface area contributed by atoms with Gasteiger partial charge in [0.05, 0.1) is 12.7 Å². The molecule has 2 heterocycles. The van der Waals surface area contributed by atoms with Crippen LogP contribution in [-0.4, -0.2) is 22.5 Å². The third kappa shape index (κ3) is 1.93. The molecular formula is C15H11FN2O2. The lowest BCUT2D eigenvalue weighted by Crippen LogP contribution is -2.02. The Morgan fingerprint density at radius 2 is 2.00 bits per heavy atom. The fraction of sp³-hybridized carbons (Fsp3) is 0.0667. The molecule has 0 fully saturated rings. The van der Waals surface area contributed by atoms with Gasteiger partial charge >= 0.3 is 5.97 Å². The predicted molar refractivity (Wildman–Crippen MR) is 71.9 cm³/mol. The minimum absolute atomic E-state index is 0.257. The van der Waals surface area contributed by atoms with Crippen molar-refractivity contribution in [3.8, 4) is 11.3 Å². The second-order valence-corrected chi connectivity index (χ2v) is 4.25. The van der Waals surface area contributed by atoms with Crippen LogP contribution in [0, 0.1) is 5.95 Å². The van der Waals surface area contributed by atoms with Gasteiger partial charge in [-0.2, -0.15) is 4.39 Å². The van der Waals surface area contributed by atoms with Gasteiger partial charge in [0, 0.05) is 11.8 Å². The fourth-order valence-corrected chi connectivity index (χ4v) is 2.04. The Kier molecular flexibility index (Phi) is 2.95. The van der Waals surface area contributed by atoms with Gasteiger partial charge in [0.15, 0.2) is 0 Å². The van der Waals surface area contributed by atoms with Crippen molar-refractivity contribution < 1.29 is 13.9 Å². The molecule has 0 aliphatic heterocycles. The lowest BCUT2D eigenvalue weighted by molar-refractivity contribution is 0.0600. The van der Waals surface area contributed by atoms with E-state index in [4.69, 9.17) is 0 Å². The first-order valence-electron chi connectivity index (χ1n) is 6.02. The standard InChI is InChI=1S/C15H11FN2O2/c1-20-15(19)11-7-8-18-12(9-11)17-13(14(18)16)10-5-3-2-4-6-10/h2-9H,1H3. The fourth-order valence-electron chi connectivity index (χ4n) is 2.04. The van der Waals surface area contributed by atoms with Crippen LogP contribution in [0.1, 0.15) is 10.4 Å². The molecule has 0 N–H and O–H groups in total. The maximum Gasteiger partial charge on any atom is 0.338 e. The topological polar surface area (TPSA) is 43.6 Å². The van der Waals surface area contributed by atoms with Crippen LogP contribution in [0.5, 0.6) is 0 Å². The summed E-state index contributed by atoms with van der Waals surface area (Å²) in [7, 11) is 1.30. The zero-order valence-corrected chi connectivity index (χ0v) is 10.7. The number of rotatable bonds is 2. The van der Waals surface area contributed by atoms with Crippen LogP contribution in [0.3, 0.4) is 0 Å². The second-order valence-electron chi connectivity index (χ2n) is 4.25. The molecule has 0 amide bonds. The minimum Gasteiger partial charge on any atom is -0.465 e. The molecule has 100 valence electrons. The van der Waals surface area contributed by atoms with Gasteiger partial charge in [0.2, 0.25) is 5.95 Å². The summed E-state index contributed by atoms with van der Waals surface area (Å²) in [5, 5.41) is 0. The first-order chi connectivity index (χ1) is 9.70. The molecule has 3 aromatic rings. The molecule has 0 unspecified atom stereocenters. The number of halogens is 1. The third-order valence-corrected chi connectivity index (χ3v) is 3.04. The van der Waals surface area contributed by atoms with E-state index < -0.39 is 11.9 Å². The zero-order chi connectivity index (χ0) is 14.1. The summed E-state index contributed by atoms with van der Waals surface area (Å²) in [5.74, 6) is -0.931. The highest BCUT2D eigenvalue weighted by atomic mass is 19.1. The van der Waals surface area contributed by atoms with Gasteiger partial charge in [0.25, 0.3) is 0 Å². The number of carbonyl (C=O) groups is 1. The first-order valence-corrected chi connectivity index (χ1v) is 6.02. The van der Waals surface area contributed by atoms with Crippen LogP contribution in [-0.2, 0) is 4.74 Å². The molecule has 4 nitrogen and oxygen atoms in total. The van der Waals surface area contributed by atoms with Gasteiger partial charge in [0.1, 0.15) is 11.3 Å². The summed E-state index contributed by atoms with van der Waals surface area (Å²) in [6.07, 6.45) is 1.47. The summed E-state index contributed by atoms with van der Waals surface area (Å²) >= 11 is 0. The van der Waals surface area contributed by atoms with Crippen LogP contribution in [0.4, 0.5) is 4.39 Å². The number of imidazole rings is 1. The molecule has 1 aromatic carbocycles. The normalized spacial score (nSPS) is 10.7. The van der Waals surface area contributed by atoms with Gasteiger partial charge in [-0.3, -0.25) is 4.40 Å². The zero-order valence-electron chi connectivity index (χ0n) is 10.7. The van der Waals surface area contributed by atoms with Crippen molar-refractivity contribution in [2.75, 3.05) is 7.11 Å². The van der Waals surface area contributed by atoms with Crippen molar-refractivity contribution in [2.45, 2.75) is 0 Å². The van der Waals surface area contributed by atoms with Crippen LogP contribution in [0.2, 0.25) is 0 Å². The highest BCUT2D eigenvalue weighted by molar-refractivity contribution is 5.90. The Morgan fingerprint density at radius 3 is 2.70 bits per heavy atom. The largest absolute Gasteiger partial charge is 0.465 e. The molecule has 0 radical (unpaired) electrons. The predicted octanol–water partition coefficient (Wildman–Crippen LogP) is 2.93. The van der Waals surface area contributed by atoms with E-state index in [1.54, 1.807) is 12.1 Å². The molecule has 0 spiro atoms. The molecular weight excluding hydrogens is 259 g/mol. The van der Waals surface area contributed by atoms with Gasteiger partial charge in [-0.05, 0) is 12.1 Å². The van der Waals surface area contributed by atoms with E-state index in [-0.39, 0.29) is 5.69 Å². The Hall–Kier alpha value is -2.69. The molecule has 0 bridgehead atoms. The van der Waals surface area contributed by atoms with Crippen LogP contribution in [0.15, 0.2) is 48.7 Å². The molecule has 0 saturated carbocycles. The van der Waals surface area contributed by atoms with E-state index >= 15 is 0 Å². The third-order valence-electron chi connectivity index (χ3n) is 3.04. The first kappa shape index (κ1) is 12.3. The average Bonchev–Trinajstić information content (AvgIpc) is 2.84. The molecule has 5 heteroatoms. The number of esters is 1. The second kappa shape index (κ2) is 4.77. The van der Waals surface area contributed by atoms with E-state index in [2.05, 4.69) is 9.72 Å². The monoisotopic (exact) mass is 270 g/mol. The van der Waals surface area contributed by atoms with Crippen LogP contribution < -0.4 is 0 Å². The van der Waals surface area contributed by atoms with E-state index in [1.165, 1.54) is 29.8 Å². The molecule has 0 saturated heterocycles. The van der Waals surface area contributed by atoms with E-state index in [1.807, 2.05) is 18.2 Å². The Balaban J connectivity index is 2.17. The molecule has 20 heavy (non-hydrogen) atoms. The average molecular weight is 270 g/mol. The maximum atomic E-state index is 14.3. The number of hydrogen-bond donors (Lipinski definition) is 0. The van der Waals surface area contributed by atoms with Crippen molar-refractivity contribution in [3.63, 3.8) is 0 Å². The number of benzene rings is 1. The number of ether oxygens (including phenoxy) is 1. The Labute approximate surface area is 114 Å². The number of hydrogen-bond acceptors (Lipinski definition) is 3. The van der Waals surface area contributed by atoms with Crippen molar-refractivity contribution in [2.24, 2.45) is 0 Å². The lowest BCUT2D eigenvalue weighted by atomic mass is 10.2. The van der Waals surface area contributed by atoms with Gasteiger partial charge < -0.3 is 4.74 Å². The molecule has 0 aliphatic rings. The molecule has 0 atom stereocenters. The van der Waals surface area contributed by atoms with Gasteiger partial charge in [-0.1, -0.05) is 30.3 Å². The number of nitrogens with zero attached hydrogens (tertiary/aromatic N) is 2. The summed E-state index contributed by atoms with van der Waals surface area (Å²) in [6.45, 7) is 0. The number of aromatic nitrogens is 2. The van der Waals surface area contributed by atoms with Crippen molar-refractivity contribution in [1.29, 1.82) is 0 Å². The van der Waals surface area contributed by atoms with E-state index in [0.29, 0.717) is 16.8 Å². The summed E-state index contributed by atoms with van der Waals surface area (Å²) < 4.78 is 20.3. The van der Waals surface area contributed by atoms with Crippen molar-refractivity contribution >= 4 is 11.6 Å². The van der Waals surface area contributed by atoms with Gasteiger partial charge in [-0.15, -0.1) is 0 Å². The number of fused-ring (bicyclic) bond motifs is 1. The van der Waals surface area contributed by atoms with E-state index in [0.717, 1.165) is 0 Å². The number of pyridine rings is 1. The maximum absolute atomic E-state index is 14.3. The summed E-state index contributed by atoms with van der Waals surface area (Å²) in [4.78, 5) is 15.7. The molecule has 0 aliphatic carbocycles. The summed E-state index contributed by atoms with van der Waals surface area (Å²) in [6, 6.07) is 12.1. The minimum atomic E-state index is -0.475. The highest BCUT2D eigenvalue weighted by Crippen LogP contribution is 2.23. The van der Waals surface area contributed by atoms with E-state index in [9.17, 15) is 9.18 Å². The van der Waals surface area contributed by atoms with Crippen LogP contribution in [0.25, 0.3) is 16.9 Å². The number of methoxy groups -OCH3 is 1. The Morgan fingerprint density at radius 1 is 1.25 bits per heavy atom. The number of carbonyl (C=O) groups excluding carboxylic acids is 1. The highest BCUT2D eigenvalue weighted by Gasteiger charge is 2.15. The van der Waals surface area contributed by atoms with Crippen molar-refractivity contribution in [1.82, 2.24) is 9.38 Å².